The number of aromatic nitrogens is 2. The van der Waals surface area contributed by atoms with Crippen molar-refractivity contribution in [3.8, 4) is 11.4 Å². The summed E-state index contributed by atoms with van der Waals surface area (Å²) >= 11 is 0. The van der Waals surface area contributed by atoms with Gasteiger partial charge in [0, 0.05) is 48.0 Å². The third kappa shape index (κ3) is 4.21. The van der Waals surface area contributed by atoms with Crippen LogP contribution in [0.3, 0.4) is 0 Å². The molecule has 0 bridgehead atoms. The van der Waals surface area contributed by atoms with Crippen molar-refractivity contribution in [2.24, 2.45) is 0 Å². The van der Waals surface area contributed by atoms with Gasteiger partial charge >= 0.3 is 0 Å². The lowest BCUT2D eigenvalue weighted by Crippen LogP contribution is -2.43. The second kappa shape index (κ2) is 6.94. The first-order valence-corrected chi connectivity index (χ1v) is 8.81. The van der Waals surface area contributed by atoms with Crippen LogP contribution in [0.25, 0.3) is 11.4 Å². The van der Waals surface area contributed by atoms with Gasteiger partial charge in [-0.15, -0.1) is 0 Å². The van der Waals surface area contributed by atoms with E-state index in [-0.39, 0.29) is 23.2 Å². The predicted octanol–water partition coefficient (Wildman–Crippen LogP) is 3.17. The van der Waals surface area contributed by atoms with Crippen LogP contribution in [0.5, 0.6) is 0 Å². The fourth-order valence-electron chi connectivity index (χ4n) is 3.17. The zero-order chi connectivity index (χ0) is 19.8. The summed E-state index contributed by atoms with van der Waals surface area (Å²) in [6, 6.07) is 7.96. The van der Waals surface area contributed by atoms with E-state index < -0.39 is 4.92 Å². The molecule has 1 aromatic carbocycles. The molecule has 27 heavy (non-hydrogen) atoms. The van der Waals surface area contributed by atoms with Crippen molar-refractivity contribution in [3.63, 3.8) is 0 Å². The van der Waals surface area contributed by atoms with Gasteiger partial charge in [-0.1, -0.05) is 0 Å². The minimum Gasteiger partial charge on any atom is -0.365 e. The topological polar surface area (TPSA) is 101 Å². The molecule has 0 saturated carbocycles. The number of amides is 1. The van der Waals surface area contributed by atoms with Crippen LogP contribution in [-0.4, -0.2) is 43.8 Å². The first-order valence-electron chi connectivity index (χ1n) is 8.81. The number of likely N-dealkylation sites (tertiary alicyclic amines) is 1. The van der Waals surface area contributed by atoms with E-state index in [1.807, 2.05) is 38.7 Å². The van der Waals surface area contributed by atoms with Crippen molar-refractivity contribution in [2.75, 3.05) is 11.9 Å². The molecule has 1 aromatic heterocycles. The summed E-state index contributed by atoms with van der Waals surface area (Å²) in [4.78, 5) is 33.5. The molecule has 1 atom stereocenters. The number of rotatable bonds is 4. The smallest absolute Gasteiger partial charge is 0.269 e. The van der Waals surface area contributed by atoms with Crippen LogP contribution in [0.1, 0.15) is 32.9 Å². The van der Waals surface area contributed by atoms with Gasteiger partial charge in [0.2, 0.25) is 5.91 Å². The molecular weight excluding hydrogens is 346 g/mol. The Bertz CT molecular complexity index is 874. The van der Waals surface area contributed by atoms with Gasteiger partial charge in [-0.2, -0.15) is 0 Å². The number of nitrogens with zero attached hydrogens (tertiary/aromatic N) is 4. The van der Waals surface area contributed by atoms with Crippen molar-refractivity contribution in [1.82, 2.24) is 14.9 Å². The number of hydrogen-bond acceptors (Lipinski definition) is 6. The van der Waals surface area contributed by atoms with Crippen LogP contribution in [-0.2, 0) is 4.79 Å². The van der Waals surface area contributed by atoms with E-state index in [1.165, 1.54) is 12.1 Å². The molecule has 8 nitrogen and oxygen atoms in total. The van der Waals surface area contributed by atoms with Crippen molar-refractivity contribution >= 4 is 17.4 Å². The van der Waals surface area contributed by atoms with E-state index in [0.717, 1.165) is 5.69 Å². The highest BCUT2D eigenvalue weighted by atomic mass is 16.6. The molecule has 1 aliphatic rings. The highest BCUT2D eigenvalue weighted by Crippen LogP contribution is 2.25. The maximum atomic E-state index is 12.3. The Morgan fingerprint density at radius 3 is 2.44 bits per heavy atom. The molecule has 1 aliphatic heterocycles. The van der Waals surface area contributed by atoms with Crippen LogP contribution >= 0.6 is 0 Å². The fraction of sp³-hybridized carbons (Fsp3) is 0.421. The number of carbonyl (C=O) groups is 1. The number of nitro groups is 1. The van der Waals surface area contributed by atoms with Crippen molar-refractivity contribution in [2.45, 2.75) is 45.7 Å². The van der Waals surface area contributed by atoms with Crippen molar-refractivity contribution in [1.29, 1.82) is 0 Å². The minimum atomic E-state index is -0.439. The van der Waals surface area contributed by atoms with Crippen molar-refractivity contribution < 1.29 is 9.72 Å². The molecule has 142 valence electrons. The molecule has 1 unspecified atom stereocenters. The van der Waals surface area contributed by atoms with Crippen molar-refractivity contribution in [3.05, 3.63) is 46.1 Å². The largest absolute Gasteiger partial charge is 0.365 e. The molecule has 0 radical (unpaired) electrons. The van der Waals surface area contributed by atoms with E-state index in [2.05, 4.69) is 15.3 Å². The number of nitro benzene ring substituents is 1. The molecule has 1 N–H and O–H groups in total. The lowest BCUT2D eigenvalue weighted by Gasteiger charge is -2.32. The molecule has 1 fully saturated rings. The van der Waals surface area contributed by atoms with Crippen LogP contribution in [0.4, 0.5) is 11.5 Å². The number of non-ortho nitro benzene ring substituents is 1. The Balaban J connectivity index is 1.80. The number of nitrogens with one attached hydrogen (secondary N) is 1. The van der Waals surface area contributed by atoms with Gasteiger partial charge in [0.25, 0.3) is 5.69 Å². The first-order chi connectivity index (χ1) is 12.6. The molecule has 0 spiro atoms. The Labute approximate surface area is 157 Å². The zero-order valence-electron chi connectivity index (χ0n) is 15.9. The number of benzene rings is 1. The quantitative estimate of drug-likeness (QED) is 0.656. The van der Waals surface area contributed by atoms with Gasteiger partial charge < -0.3 is 10.2 Å². The number of hydrogen-bond donors (Lipinski definition) is 1. The first kappa shape index (κ1) is 18.8. The average Bonchev–Trinajstić information content (AvgIpc) is 2.95. The highest BCUT2D eigenvalue weighted by molar-refractivity contribution is 5.80. The maximum absolute atomic E-state index is 12.3. The van der Waals surface area contributed by atoms with E-state index >= 15 is 0 Å². The number of anilines is 1. The van der Waals surface area contributed by atoms with Gasteiger partial charge in [0.1, 0.15) is 5.82 Å². The maximum Gasteiger partial charge on any atom is 0.269 e. The molecule has 1 amide bonds. The Hall–Kier alpha value is -3.03. The lowest BCUT2D eigenvalue weighted by atomic mass is 10.1. The Morgan fingerprint density at radius 1 is 1.22 bits per heavy atom. The molecule has 2 heterocycles. The fourth-order valence-corrected chi connectivity index (χ4v) is 3.17. The number of carbonyl (C=O) groups excluding carboxylic acids is 1. The normalized spacial score (nSPS) is 17.3. The Morgan fingerprint density at radius 2 is 1.89 bits per heavy atom. The van der Waals surface area contributed by atoms with Crippen LogP contribution in [0.2, 0.25) is 0 Å². The third-order valence-electron chi connectivity index (χ3n) is 4.48. The van der Waals surface area contributed by atoms with Crippen LogP contribution in [0, 0.1) is 17.0 Å². The summed E-state index contributed by atoms with van der Waals surface area (Å²) in [6.45, 7) is 8.56. The van der Waals surface area contributed by atoms with Gasteiger partial charge in [-0.25, -0.2) is 9.97 Å². The molecule has 3 rings (SSSR count). The molecular formula is C19H23N5O3. The number of aryl methyl sites for hydroxylation is 1. The zero-order valence-corrected chi connectivity index (χ0v) is 15.9. The summed E-state index contributed by atoms with van der Waals surface area (Å²) in [5, 5.41) is 14.1. The Kier molecular flexibility index (Phi) is 4.82. The standard InChI is InChI=1S/C19H23N5O3/c1-12-9-16(21-14-10-17(25)23(11-14)19(2,3)4)22-18(20-12)13-5-7-15(8-6-13)24(26)27/h5-9,14H,10-11H2,1-4H3,(H,20,21,22). The summed E-state index contributed by atoms with van der Waals surface area (Å²) in [5.41, 5.74) is 1.29. The van der Waals surface area contributed by atoms with Crippen LogP contribution in [0.15, 0.2) is 30.3 Å². The second-order valence-electron chi connectivity index (χ2n) is 7.74. The molecule has 8 heteroatoms. The van der Waals surface area contributed by atoms with Gasteiger partial charge in [0.05, 0.1) is 11.0 Å². The van der Waals surface area contributed by atoms with E-state index in [9.17, 15) is 14.9 Å². The average molecular weight is 369 g/mol. The van der Waals surface area contributed by atoms with Crippen LogP contribution < -0.4 is 5.32 Å². The summed E-state index contributed by atoms with van der Waals surface area (Å²) < 4.78 is 0. The SMILES string of the molecule is Cc1cc(NC2CC(=O)N(C(C)(C)C)C2)nc(-c2ccc([N+](=O)[O-])cc2)n1. The lowest BCUT2D eigenvalue weighted by molar-refractivity contribution is -0.384. The highest BCUT2D eigenvalue weighted by Gasteiger charge is 2.36. The summed E-state index contributed by atoms with van der Waals surface area (Å²) in [7, 11) is 0. The van der Waals surface area contributed by atoms with Gasteiger partial charge in [-0.3, -0.25) is 14.9 Å². The van der Waals surface area contributed by atoms with E-state index in [1.54, 1.807) is 12.1 Å². The summed E-state index contributed by atoms with van der Waals surface area (Å²) in [6.07, 6.45) is 0.424. The second-order valence-corrected chi connectivity index (χ2v) is 7.74. The van der Waals surface area contributed by atoms with Gasteiger partial charge in [-0.05, 0) is 39.8 Å². The molecule has 2 aromatic rings. The predicted molar refractivity (Wildman–Crippen MR) is 102 cm³/mol. The van der Waals surface area contributed by atoms with E-state index in [4.69, 9.17) is 0 Å². The van der Waals surface area contributed by atoms with E-state index in [0.29, 0.717) is 30.2 Å². The summed E-state index contributed by atoms with van der Waals surface area (Å²) in [5.74, 6) is 1.26. The third-order valence-corrected chi connectivity index (χ3v) is 4.48. The minimum absolute atomic E-state index is 0.0178. The van der Waals surface area contributed by atoms with Gasteiger partial charge in [0.15, 0.2) is 5.82 Å². The molecule has 0 aliphatic carbocycles. The molecule has 1 saturated heterocycles. The monoisotopic (exact) mass is 369 g/mol.